The van der Waals surface area contributed by atoms with Crippen LogP contribution in [-0.4, -0.2) is 46.0 Å². The first-order valence-corrected chi connectivity index (χ1v) is 11.0. The van der Waals surface area contributed by atoms with Gasteiger partial charge in [0, 0.05) is 30.8 Å². The van der Waals surface area contributed by atoms with Gasteiger partial charge in [-0.2, -0.15) is 0 Å². The summed E-state index contributed by atoms with van der Waals surface area (Å²) in [6.07, 6.45) is 2.48. The third-order valence-electron chi connectivity index (χ3n) is 5.59. The summed E-state index contributed by atoms with van der Waals surface area (Å²) in [5.41, 5.74) is 6.39. The van der Waals surface area contributed by atoms with Crippen molar-refractivity contribution in [1.29, 1.82) is 0 Å². The first kappa shape index (κ1) is 21.7. The molecule has 4 aromatic rings. The maximum atomic E-state index is 13.5. The molecule has 0 spiro atoms. The Balaban J connectivity index is 1.44. The second kappa shape index (κ2) is 9.03. The number of hydrogen-bond acceptors (Lipinski definition) is 7. The summed E-state index contributed by atoms with van der Waals surface area (Å²) >= 11 is 6.48. The van der Waals surface area contributed by atoms with E-state index in [0.29, 0.717) is 59.0 Å². The van der Waals surface area contributed by atoms with E-state index < -0.39 is 6.09 Å². The standard InChI is InChI=1S/C24H20ClN5O4/c25-19-10-15(33-14-4-2-1-3-5-14)6-7-17(19)21(31)18-11-27-22-20(18)23(29-13-28-22)30-9-8-16(12-30)34-24(26)32/h1-7,10-11,13,16H,8-9,12H2,(H2,26,32)(H,27,28,29). The molecular formula is C24H20ClN5O4. The molecule has 9 nitrogen and oxygen atoms in total. The minimum Gasteiger partial charge on any atom is -0.457 e. The Hall–Kier alpha value is -4.11. The van der Waals surface area contributed by atoms with Gasteiger partial charge in [0.1, 0.15) is 35.4 Å². The number of carbonyl (C=O) groups is 2. The van der Waals surface area contributed by atoms with Crippen molar-refractivity contribution in [1.82, 2.24) is 15.0 Å². The molecule has 0 bridgehead atoms. The number of nitrogens with one attached hydrogen (secondary N) is 1. The smallest absolute Gasteiger partial charge is 0.404 e. The summed E-state index contributed by atoms with van der Waals surface area (Å²) in [7, 11) is 0. The van der Waals surface area contributed by atoms with E-state index in [2.05, 4.69) is 15.0 Å². The van der Waals surface area contributed by atoms with Crippen molar-refractivity contribution in [2.75, 3.05) is 18.0 Å². The highest BCUT2D eigenvalue weighted by Crippen LogP contribution is 2.33. The number of hydrogen-bond donors (Lipinski definition) is 2. The zero-order valence-electron chi connectivity index (χ0n) is 17.9. The fourth-order valence-corrected chi connectivity index (χ4v) is 4.32. The third-order valence-corrected chi connectivity index (χ3v) is 5.90. The number of rotatable bonds is 6. The van der Waals surface area contributed by atoms with Crippen LogP contribution in [0.25, 0.3) is 11.0 Å². The Morgan fingerprint density at radius 3 is 2.68 bits per heavy atom. The molecule has 2 aromatic heterocycles. The lowest BCUT2D eigenvalue weighted by Gasteiger charge is -2.18. The Morgan fingerprint density at radius 1 is 1.09 bits per heavy atom. The van der Waals surface area contributed by atoms with Gasteiger partial charge in [-0.15, -0.1) is 0 Å². The lowest BCUT2D eigenvalue weighted by molar-refractivity contribution is 0.104. The lowest BCUT2D eigenvalue weighted by atomic mass is 10.0. The summed E-state index contributed by atoms with van der Waals surface area (Å²) in [5.74, 6) is 1.49. The maximum Gasteiger partial charge on any atom is 0.404 e. The van der Waals surface area contributed by atoms with Crippen LogP contribution in [0.5, 0.6) is 11.5 Å². The number of amides is 1. The highest BCUT2D eigenvalue weighted by Gasteiger charge is 2.29. The van der Waals surface area contributed by atoms with Crippen molar-refractivity contribution >= 4 is 40.3 Å². The number of ether oxygens (including phenoxy) is 2. The van der Waals surface area contributed by atoms with E-state index in [-0.39, 0.29) is 16.9 Å². The molecule has 0 saturated carbocycles. The Morgan fingerprint density at radius 2 is 1.91 bits per heavy atom. The minimum atomic E-state index is -0.813. The van der Waals surface area contributed by atoms with Crippen LogP contribution in [-0.2, 0) is 4.74 Å². The number of nitrogens with zero attached hydrogens (tertiary/aromatic N) is 3. The highest BCUT2D eigenvalue weighted by molar-refractivity contribution is 6.35. The average molecular weight is 478 g/mol. The fraction of sp³-hybridized carbons (Fsp3) is 0.167. The van der Waals surface area contributed by atoms with E-state index in [1.54, 1.807) is 24.4 Å². The van der Waals surface area contributed by atoms with Crippen LogP contribution in [0.3, 0.4) is 0 Å². The van der Waals surface area contributed by atoms with Gasteiger partial charge in [0.25, 0.3) is 0 Å². The van der Waals surface area contributed by atoms with Crippen molar-refractivity contribution in [3.8, 4) is 11.5 Å². The molecule has 3 N–H and O–H groups in total. The molecule has 1 aliphatic heterocycles. The zero-order chi connectivity index (χ0) is 23.7. The van der Waals surface area contributed by atoms with E-state index in [1.165, 1.54) is 6.33 Å². The molecule has 1 unspecified atom stereocenters. The third kappa shape index (κ3) is 4.25. The lowest BCUT2D eigenvalue weighted by Crippen LogP contribution is -2.27. The number of carbonyl (C=O) groups excluding carboxylic acids is 2. The Kier molecular flexibility index (Phi) is 5.77. The molecule has 1 amide bonds. The van der Waals surface area contributed by atoms with Crippen LogP contribution < -0.4 is 15.4 Å². The molecule has 3 heterocycles. The Labute approximate surface area is 199 Å². The van der Waals surface area contributed by atoms with Gasteiger partial charge in [-0.3, -0.25) is 4.79 Å². The number of aromatic nitrogens is 3. The molecule has 0 aliphatic carbocycles. The minimum absolute atomic E-state index is 0.266. The largest absolute Gasteiger partial charge is 0.457 e. The first-order valence-electron chi connectivity index (χ1n) is 10.6. The number of benzene rings is 2. The molecule has 172 valence electrons. The summed E-state index contributed by atoms with van der Waals surface area (Å²) in [4.78, 5) is 38.2. The van der Waals surface area contributed by atoms with Gasteiger partial charge in [-0.1, -0.05) is 29.8 Å². The first-order chi connectivity index (χ1) is 16.5. The van der Waals surface area contributed by atoms with Crippen LogP contribution in [0.1, 0.15) is 22.3 Å². The van der Waals surface area contributed by atoms with Gasteiger partial charge >= 0.3 is 6.09 Å². The molecule has 10 heteroatoms. The second-order valence-electron chi connectivity index (χ2n) is 7.80. The number of para-hydroxylation sites is 1. The van der Waals surface area contributed by atoms with Crippen LogP contribution in [0.15, 0.2) is 61.1 Å². The van der Waals surface area contributed by atoms with Gasteiger partial charge in [0.15, 0.2) is 5.78 Å². The predicted molar refractivity (Wildman–Crippen MR) is 127 cm³/mol. The molecule has 0 radical (unpaired) electrons. The number of primary amides is 1. The molecule has 1 fully saturated rings. The summed E-state index contributed by atoms with van der Waals surface area (Å²) in [5, 5.41) is 0.843. The summed E-state index contributed by atoms with van der Waals surface area (Å²) in [6.45, 7) is 1.01. The zero-order valence-corrected chi connectivity index (χ0v) is 18.7. The number of halogens is 1. The maximum absolute atomic E-state index is 13.5. The number of fused-ring (bicyclic) bond motifs is 1. The summed E-state index contributed by atoms with van der Waals surface area (Å²) < 4.78 is 10.9. The van der Waals surface area contributed by atoms with E-state index in [0.717, 1.165) is 0 Å². The monoisotopic (exact) mass is 477 g/mol. The van der Waals surface area contributed by atoms with Gasteiger partial charge in [0.05, 0.1) is 22.5 Å². The number of ketones is 1. The molecule has 1 aliphatic rings. The van der Waals surface area contributed by atoms with Crippen molar-refractivity contribution in [3.05, 3.63) is 77.2 Å². The van der Waals surface area contributed by atoms with E-state index in [4.69, 9.17) is 26.8 Å². The fourth-order valence-electron chi connectivity index (χ4n) is 4.06. The number of aromatic amines is 1. The van der Waals surface area contributed by atoms with Crippen molar-refractivity contribution in [2.24, 2.45) is 5.73 Å². The molecular weight excluding hydrogens is 458 g/mol. The van der Waals surface area contributed by atoms with E-state index in [9.17, 15) is 9.59 Å². The van der Waals surface area contributed by atoms with Crippen LogP contribution >= 0.6 is 11.6 Å². The molecule has 34 heavy (non-hydrogen) atoms. The van der Waals surface area contributed by atoms with Crippen LogP contribution in [0, 0.1) is 0 Å². The number of nitrogens with two attached hydrogens (primary N) is 1. The number of anilines is 1. The summed E-state index contributed by atoms with van der Waals surface area (Å²) in [6, 6.07) is 14.2. The van der Waals surface area contributed by atoms with Crippen LogP contribution in [0.4, 0.5) is 10.6 Å². The topological polar surface area (TPSA) is 123 Å². The molecule has 1 atom stereocenters. The quantitative estimate of drug-likeness (QED) is 0.396. The normalized spacial score (nSPS) is 15.4. The SMILES string of the molecule is NC(=O)OC1CCN(c2ncnc3[nH]cc(C(=O)c4ccc(Oc5ccccc5)cc4Cl)c23)C1. The van der Waals surface area contributed by atoms with Gasteiger partial charge < -0.3 is 25.1 Å². The van der Waals surface area contributed by atoms with Gasteiger partial charge in [0.2, 0.25) is 0 Å². The van der Waals surface area contributed by atoms with Crippen molar-refractivity contribution in [3.63, 3.8) is 0 Å². The molecule has 1 saturated heterocycles. The number of H-pyrrole nitrogens is 1. The average Bonchev–Trinajstić information content (AvgIpc) is 3.46. The van der Waals surface area contributed by atoms with Crippen molar-refractivity contribution in [2.45, 2.75) is 12.5 Å². The van der Waals surface area contributed by atoms with E-state index in [1.807, 2.05) is 35.2 Å². The molecule has 2 aromatic carbocycles. The second-order valence-corrected chi connectivity index (χ2v) is 8.21. The molecule has 5 rings (SSSR count). The van der Waals surface area contributed by atoms with E-state index >= 15 is 0 Å². The van der Waals surface area contributed by atoms with Gasteiger partial charge in [-0.05, 0) is 24.3 Å². The highest BCUT2D eigenvalue weighted by atomic mass is 35.5. The van der Waals surface area contributed by atoms with Crippen molar-refractivity contribution < 1.29 is 19.1 Å². The van der Waals surface area contributed by atoms with Crippen LogP contribution in [0.2, 0.25) is 5.02 Å². The van der Waals surface area contributed by atoms with Gasteiger partial charge in [-0.25, -0.2) is 14.8 Å². The predicted octanol–water partition coefficient (Wildman–Crippen LogP) is 4.31. The Bertz CT molecular complexity index is 1370.